The van der Waals surface area contributed by atoms with Crippen LogP contribution >= 0.6 is 11.3 Å². The van der Waals surface area contributed by atoms with Crippen molar-refractivity contribution < 1.29 is 9.59 Å². The topological polar surface area (TPSA) is 82.0 Å². The standard InChI is InChI=1S/C15H11N3O2S/c16-8-11-5-6-21-15(11)18-14(20)10-1-3-12-9(7-10)2-4-13(19)17-12/h1,3,5-7H,2,4H2,(H,17,19)(H,18,20). The molecule has 0 atom stereocenters. The van der Waals surface area contributed by atoms with Gasteiger partial charge in [-0.2, -0.15) is 5.26 Å². The minimum Gasteiger partial charge on any atom is -0.326 e. The number of hydrogen-bond donors (Lipinski definition) is 2. The lowest BCUT2D eigenvalue weighted by Crippen LogP contribution is -2.20. The largest absolute Gasteiger partial charge is 0.326 e. The van der Waals surface area contributed by atoms with Gasteiger partial charge in [-0.05, 0) is 41.6 Å². The van der Waals surface area contributed by atoms with Gasteiger partial charge >= 0.3 is 0 Å². The maximum absolute atomic E-state index is 12.2. The van der Waals surface area contributed by atoms with Gasteiger partial charge in [-0.3, -0.25) is 9.59 Å². The first kappa shape index (κ1) is 13.3. The zero-order valence-electron chi connectivity index (χ0n) is 11.0. The first-order valence-corrected chi connectivity index (χ1v) is 7.27. The number of thiophene rings is 1. The summed E-state index contributed by atoms with van der Waals surface area (Å²) in [6.45, 7) is 0. The minimum absolute atomic E-state index is 0.00282. The Bertz CT molecular complexity index is 773. The highest BCUT2D eigenvalue weighted by Gasteiger charge is 2.17. The molecule has 21 heavy (non-hydrogen) atoms. The van der Waals surface area contributed by atoms with Gasteiger partial charge in [-0.15, -0.1) is 11.3 Å². The van der Waals surface area contributed by atoms with Gasteiger partial charge in [-0.1, -0.05) is 0 Å². The fourth-order valence-electron chi connectivity index (χ4n) is 2.19. The van der Waals surface area contributed by atoms with E-state index in [0.29, 0.717) is 29.0 Å². The number of carbonyl (C=O) groups excluding carboxylic acids is 2. The van der Waals surface area contributed by atoms with Gasteiger partial charge in [0.1, 0.15) is 11.1 Å². The van der Waals surface area contributed by atoms with Crippen LogP contribution in [0.1, 0.15) is 27.9 Å². The number of aryl methyl sites for hydroxylation is 1. The normalized spacial score (nSPS) is 13.0. The van der Waals surface area contributed by atoms with Crippen molar-refractivity contribution in [3.05, 3.63) is 46.3 Å². The first-order valence-electron chi connectivity index (χ1n) is 6.39. The summed E-state index contributed by atoms with van der Waals surface area (Å²) in [7, 11) is 0. The monoisotopic (exact) mass is 297 g/mol. The van der Waals surface area contributed by atoms with Gasteiger partial charge in [0, 0.05) is 17.7 Å². The quantitative estimate of drug-likeness (QED) is 0.894. The maximum atomic E-state index is 12.2. The number of anilines is 2. The van der Waals surface area contributed by atoms with Crippen LogP contribution in [0.2, 0.25) is 0 Å². The van der Waals surface area contributed by atoms with Crippen molar-refractivity contribution in [2.45, 2.75) is 12.8 Å². The van der Waals surface area contributed by atoms with Crippen LogP contribution < -0.4 is 10.6 Å². The van der Waals surface area contributed by atoms with Gasteiger partial charge in [0.15, 0.2) is 0 Å². The molecule has 0 saturated carbocycles. The van der Waals surface area contributed by atoms with Crippen molar-refractivity contribution in [2.24, 2.45) is 0 Å². The van der Waals surface area contributed by atoms with Crippen molar-refractivity contribution in [2.75, 3.05) is 10.6 Å². The molecule has 1 aromatic carbocycles. The highest BCUT2D eigenvalue weighted by Crippen LogP contribution is 2.26. The van der Waals surface area contributed by atoms with Crippen LogP contribution in [0.5, 0.6) is 0 Å². The first-order chi connectivity index (χ1) is 10.2. The van der Waals surface area contributed by atoms with Crippen LogP contribution in [0.15, 0.2) is 29.6 Å². The van der Waals surface area contributed by atoms with Gasteiger partial charge in [0.2, 0.25) is 5.91 Å². The molecule has 2 heterocycles. The molecule has 0 unspecified atom stereocenters. The number of rotatable bonds is 2. The van der Waals surface area contributed by atoms with Crippen LogP contribution in [0.4, 0.5) is 10.7 Å². The SMILES string of the molecule is N#Cc1ccsc1NC(=O)c1ccc2c(c1)CCC(=O)N2. The van der Waals surface area contributed by atoms with E-state index in [9.17, 15) is 9.59 Å². The van der Waals surface area contributed by atoms with Gasteiger partial charge in [-0.25, -0.2) is 0 Å². The number of nitrogens with one attached hydrogen (secondary N) is 2. The highest BCUT2D eigenvalue weighted by atomic mass is 32.1. The number of nitrogens with zero attached hydrogens (tertiary/aromatic N) is 1. The number of hydrogen-bond acceptors (Lipinski definition) is 4. The molecule has 1 aliphatic heterocycles. The lowest BCUT2D eigenvalue weighted by Gasteiger charge is -2.17. The van der Waals surface area contributed by atoms with E-state index in [1.165, 1.54) is 11.3 Å². The second-order valence-corrected chi connectivity index (χ2v) is 5.57. The van der Waals surface area contributed by atoms with Crippen LogP contribution in [0, 0.1) is 11.3 Å². The molecule has 3 rings (SSSR count). The molecule has 1 aromatic heterocycles. The molecule has 1 aliphatic rings. The molecule has 5 nitrogen and oxygen atoms in total. The molecule has 0 bridgehead atoms. The van der Waals surface area contributed by atoms with Gasteiger partial charge in [0.05, 0.1) is 5.56 Å². The number of nitriles is 1. The maximum Gasteiger partial charge on any atom is 0.256 e. The van der Waals surface area contributed by atoms with E-state index in [2.05, 4.69) is 10.6 Å². The molecular weight excluding hydrogens is 286 g/mol. The van der Waals surface area contributed by atoms with Crippen LogP contribution in [0.3, 0.4) is 0 Å². The predicted molar refractivity (Wildman–Crippen MR) is 80.4 cm³/mol. The predicted octanol–water partition coefficient (Wildman–Crippen LogP) is 2.76. The van der Waals surface area contributed by atoms with Crippen LogP contribution in [-0.4, -0.2) is 11.8 Å². The fraction of sp³-hybridized carbons (Fsp3) is 0.133. The van der Waals surface area contributed by atoms with Crippen LogP contribution in [-0.2, 0) is 11.2 Å². The summed E-state index contributed by atoms with van der Waals surface area (Å²) in [5.41, 5.74) is 2.69. The van der Waals surface area contributed by atoms with E-state index >= 15 is 0 Å². The van der Waals surface area contributed by atoms with Crippen molar-refractivity contribution in [1.82, 2.24) is 0 Å². The van der Waals surface area contributed by atoms with Crippen molar-refractivity contribution in [3.63, 3.8) is 0 Å². The summed E-state index contributed by atoms with van der Waals surface area (Å²) in [6.07, 6.45) is 1.06. The van der Waals surface area contributed by atoms with Crippen molar-refractivity contribution in [3.8, 4) is 6.07 Å². The summed E-state index contributed by atoms with van der Waals surface area (Å²) < 4.78 is 0. The lowest BCUT2D eigenvalue weighted by atomic mass is 10.00. The third kappa shape index (κ3) is 2.64. The summed E-state index contributed by atoms with van der Waals surface area (Å²) in [5.74, 6) is -0.259. The fourth-order valence-corrected chi connectivity index (χ4v) is 2.93. The molecule has 2 N–H and O–H groups in total. The van der Waals surface area contributed by atoms with Gasteiger partial charge in [0.25, 0.3) is 5.91 Å². The lowest BCUT2D eigenvalue weighted by molar-refractivity contribution is -0.116. The number of benzene rings is 1. The number of fused-ring (bicyclic) bond motifs is 1. The summed E-state index contributed by atoms with van der Waals surface area (Å²) in [5, 5.41) is 16.8. The Labute approximate surface area is 125 Å². The minimum atomic E-state index is -0.256. The third-order valence-corrected chi connectivity index (χ3v) is 4.11. The zero-order valence-corrected chi connectivity index (χ0v) is 11.8. The highest BCUT2D eigenvalue weighted by molar-refractivity contribution is 7.14. The molecule has 2 aromatic rings. The van der Waals surface area contributed by atoms with Crippen molar-refractivity contribution in [1.29, 1.82) is 5.26 Å². The Morgan fingerprint density at radius 3 is 3.00 bits per heavy atom. The number of carbonyl (C=O) groups is 2. The smallest absolute Gasteiger partial charge is 0.256 e. The molecule has 0 fully saturated rings. The van der Waals surface area contributed by atoms with E-state index in [-0.39, 0.29) is 11.8 Å². The van der Waals surface area contributed by atoms with E-state index in [0.717, 1.165) is 11.3 Å². The van der Waals surface area contributed by atoms with Gasteiger partial charge < -0.3 is 10.6 Å². The Kier molecular flexibility index (Phi) is 3.42. The Morgan fingerprint density at radius 1 is 1.33 bits per heavy atom. The third-order valence-electron chi connectivity index (χ3n) is 3.28. The molecule has 0 spiro atoms. The van der Waals surface area contributed by atoms with E-state index < -0.39 is 0 Å². The van der Waals surface area contributed by atoms with E-state index in [4.69, 9.17) is 5.26 Å². The molecule has 2 amide bonds. The second-order valence-electron chi connectivity index (χ2n) is 4.65. The summed E-state index contributed by atoms with van der Waals surface area (Å²) >= 11 is 1.31. The molecule has 104 valence electrons. The average molecular weight is 297 g/mol. The summed E-state index contributed by atoms with van der Waals surface area (Å²) in [6, 6.07) is 8.89. The van der Waals surface area contributed by atoms with E-state index in [1.807, 2.05) is 6.07 Å². The van der Waals surface area contributed by atoms with Crippen molar-refractivity contribution >= 4 is 33.8 Å². The molecule has 0 radical (unpaired) electrons. The average Bonchev–Trinajstić information content (AvgIpc) is 2.93. The molecule has 0 aliphatic carbocycles. The van der Waals surface area contributed by atoms with Crippen LogP contribution in [0.25, 0.3) is 0 Å². The number of amides is 2. The molecule has 6 heteroatoms. The molecular formula is C15H11N3O2S. The zero-order chi connectivity index (χ0) is 14.8. The Hall–Kier alpha value is -2.65. The Balaban J connectivity index is 1.83. The summed E-state index contributed by atoms with van der Waals surface area (Å²) in [4.78, 5) is 23.5. The second kappa shape index (κ2) is 5.38. The Morgan fingerprint density at radius 2 is 2.19 bits per heavy atom. The molecule has 0 saturated heterocycles. The van der Waals surface area contributed by atoms with E-state index in [1.54, 1.807) is 29.6 Å².